The number of ether oxygens (including phenoxy) is 1. The van der Waals surface area contributed by atoms with Crippen molar-refractivity contribution in [3.63, 3.8) is 0 Å². The summed E-state index contributed by atoms with van der Waals surface area (Å²) >= 11 is 2.82. The van der Waals surface area contributed by atoms with E-state index in [0.717, 1.165) is 23.4 Å². The summed E-state index contributed by atoms with van der Waals surface area (Å²) < 4.78 is 6.82. The second-order valence-electron chi connectivity index (χ2n) is 7.34. The summed E-state index contributed by atoms with van der Waals surface area (Å²) in [6.45, 7) is 4.09. The third-order valence-electron chi connectivity index (χ3n) is 4.88. The molecule has 1 amide bonds. The lowest BCUT2D eigenvalue weighted by molar-refractivity contribution is -0.113. The number of aryl methyl sites for hydroxylation is 1. The molecule has 2 heterocycles. The van der Waals surface area contributed by atoms with Crippen LogP contribution >= 0.6 is 23.5 Å². The van der Waals surface area contributed by atoms with E-state index in [-0.39, 0.29) is 17.2 Å². The number of rotatable bonds is 6. The minimum absolute atomic E-state index is 0.0917. The van der Waals surface area contributed by atoms with E-state index in [1.165, 1.54) is 11.8 Å². The molecule has 1 aromatic heterocycles. The van der Waals surface area contributed by atoms with Gasteiger partial charge in [0.2, 0.25) is 5.91 Å². The molecule has 8 heteroatoms. The molecule has 0 radical (unpaired) electrons. The van der Waals surface area contributed by atoms with Gasteiger partial charge >= 0.3 is 0 Å². The first-order valence-corrected chi connectivity index (χ1v) is 11.8. The number of aromatic nitrogens is 2. The van der Waals surface area contributed by atoms with Crippen LogP contribution in [0.2, 0.25) is 0 Å². The maximum absolute atomic E-state index is 13.3. The van der Waals surface area contributed by atoms with Gasteiger partial charge in [-0.25, -0.2) is 4.98 Å². The number of carbonyl (C=O) groups is 1. The van der Waals surface area contributed by atoms with E-state index in [4.69, 9.17) is 9.72 Å². The van der Waals surface area contributed by atoms with E-state index in [9.17, 15) is 9.59 Å². The monoisotopic (exact) mass is 453 g/mol. The summed E-state index contributed by atoms with van der Waals surface area (Å²) in [7, 11) is 1.60. The number of thioether (sulfide) groups is 2. The van der Waals surface area contributed by atoms with Crippen LogP contribution in [0.1, 0.15) is 18.2 Å². The lowest BCUT2D eigenvalue weighted by Gasteiger charge is -2.14. The Kier molecular flexibility index (Phi) is 6.38. The topological polar surface area (TPSA) is 73.2 Å². The van der Waals surface area contributed by atoms with Crippen molar-refractivity contribution in [2.45, 2.75) is 35.6 Å². The molecule has 160 valence electrons. The summed E-state index contributed by atoms with van der Waals surface area (Å²) in [5.41, 5.74) is 3.29. The Labute approximate surface area is 189 Å². The highest BCUT2D eigenvalue weighted by Crippen LogP contribution is 2.35. The summed E-state index contributed by atoms with van der Waals surface area (Å²) in [6.07, 6.45) is 0.752. The van der Waals surface area contributed by atoms with E-state index in [1.54, 1.807) is 23.4 Å². The molecule has 2 aromatic carbocycles. The molecule has 1 aliphatic heterocycles. The predicted molar refractivity (Wildman–Crippen MR) is 126 cm³/mol. The van der Waals surface area contributed by atoms with Crippen molar-refractivity contribution in [2.75, 3.05) is 18.2 Å². The molecular formula is C23H23N3O3S2. The van der Waals surface area contributed by atoms with Gasteiger partial charge in [0.05, 0.1) is 29.1 Å². The molecule has 0 bridgehead atoms. The minimum atomic E-state index is -0.146. The zero-order valence-electron chi connectivity index (χ0n) is 17.5. The van der Waals surface area contributed by atoms with Gasteiger partial charge in [0.15, 0.2) is 5.16 Å². The molecule has 0 aliphatic carbocycles. The highest BCUT2D eigenvalue weighted by molar-refractivity contribution is 8.00. The number of carbonyl (C=O) groups excluding carboxylic acids is 1. The quantitative estimate of drug-likeness (QED) is 0.443. The predicted octanol–water partition coefficient (Wildman–Crippen LogP) is 4.32. The van der Waals surface area contributed by atoms with Crippen molar-refractivity contribution in [2.24, 2.45) is 0 Å². The molecular weight excluding hydrogens is 430 g/mol. The number of fused-ring (bicyclic) bond motifs is 1. The molecule has 1 N–H and O–H groups in total. The molecule has 1 atom stereocenters. The molecule has 1 aliphatic rings. The maximum Gasteiger partial charge on any atom is 0.272 e. The smallest absolute Gasteiger partial charge is 0.272 e. The van der Waals surface area contributed by atoms with Gasteiger partial charge in [0.1, 0.15) is 5.75 Å². The standard InChI is InChI=1S/C23H23N3O3S2/c1-14-4-6-16(7-5-14)24-20(27)13-30-23-25-19-12-15(2)31-21(19)22(28)26(23)17-8-10-18(29-3)11-9-17/h4-11,15H,12-13H2,1-3H3,(H,24,27). The molecule has 0 fully saturated rings. The number of benzene rings is 2. The fourth-order valence-corrected chi connectivity index (χ4v) is 5.25. The lowest BCUT2D eigenvalue weighted by atomic mass is 10.2. The lowest BCUT2D eigenvalue weighted by Crippen LogP contribution is -2.24. The Morgan fingerprint density at radius 2 is 1.94 bits per heavy atom. The normalized spacial score (nSPS) is 14.9. The molecule has 0 spiro atoms. The van der Waals surface area contributed by atoms with Gasteiger partial charge in [0, 0.05) is 17.4 Å². The first-order valence-electron chi connectivity index (χ1n) is 9.91. The molecule has 4 rings (SSSR count). The van der Waals surface area contributed by atoms with Crippen LogP contribution in [0, 0.1) is 6.92 Å². The van der Waals surface area contributed by atoms with Crippen molar-refractivity contribution in [3.8, 4) is 11.4 Å². The first kappa shape index (κ1) is 21.5. The van der Waals surface area contributed by atoms with E-state index in [2.05, 4.69) is 12.2 Å². The second kappa shape index (κ2) is 9.20. The van der Waals surface area contributed by atoms with Crippen LogP contribution in [0.4, 0.5) is 5.69 Å². The Morgan fingerprint density at radius 3 is 2.61 bits per heavy atom. The third kappa shape index (κ3) is 4.80. The summed E-state index contributed by atoms with van der Waals surface area (Å²) in [4.78, 5) is 31.3. The van der Waals surface area contributed by atoms with Crippen LogP contribution in [0.5, 0.6) is 5.75 Å². The van der Waals surface area contributed by atoms with Gasteiger partial charge < -0.3 is 10.1 Å². The van der Waals surface area contributed by atoms with Gasteiger partial charge in [-0.05, 0) is 43.3 Å². The zero-order valence-corrected chi connectivity index (χ0v) is 19.2. The van der Waals surface area contributed by atoms with Crippen LogP contribution in [-0.4, -0.2) is 33.6 Å². The largest absolute Gasteiger partial charge is 0.497 e. The molecule has 3 aromatic rings. The van der Waals surface area contributed by atoms with Gasteiger partial charge in [0.25, 0.3) is 5.56 Å². The summed E-state index contributed by atoms with van der Waals surface area (Å²) in [5, 5.41) is 3.72. The van der Waals surface area contributed by atoms with Gasteiger partial charge in [-0.1, -0.05) is 36.4 Å². The zero-order chi connectivity index (χ0) is 22.0. The molecule has 0 saturated heterocycles. The van der Waals surface area contributed by atoms with Crippen molar-refractivity contribution in [3.05, 3.63) is 70.1 Å². The number of hydrogen-bond donors (Lipinski definition) is 1. The maximum atomic E-state index is 13.3. The van der Waals surface area contributed by atoms with E-state index >= 15 is 0 Å². The Balaban J connectivity index is 1.62. The van der Waals surface area contributed by atoms with Crippen LogP contribution < -0.4 is 15.6 Å². The van der Waals surface area contributed by atoms with E-state index in [1.807, 2.05) is 55.5 Å². The van der Waals surface area contributed by atoms with Crippen LogP contribution in [0.3, 0.4) is 0 Å². The number of nitrogens with one attached hydrogen (secondary N) is 1. The number of amides is 1. The van der Waals surface area contributed by atoms with Crippen LogP contribution in [0.15, 0.2) is 63.4 Å². The van der Waals surface area contributed by atoms with Crippen molar-refractivity contribution in [1.29, 1.82) is 0 Å². The highest BCUT2D eigenvalue weighted by Gasteiger charge is 2.27. The van der Waals surface area contributed by atoms with Crippen molar-refractivity contribution in [1.82, 2.24) is 9.55 Å². The Morgan fingerprint density at radius 1 is 1.23 bits per heavy atom. The molecule has 1 unspecified atom stereocenters. The highest BCUT2D eigenvalue weighted by atomic mass is 32.2. The Hall–Kier alpha value is -2.71. The van der Waals surface area contributed by atoms with Gasteiger partial charge in [-0.3, -0.25) is 14.2 Å². The third-order valence-corrected chi connectivity index (χ3v) is 7.03. The average Bonchev–Trinajstić information content (AvgIpc) is 3.15. The fourth-order valence-electron chi connectivity index (χ4n) is 3.32. The number of nitrogens with zero attached hydrogens (tertiary/aromatic N) is 2. The average molecular weight is 454 g/mol. The molecule has 6 nitrogen and oxygen atoms in total. The summed E-state index contributed by atoms with van der Waals surface area (Å²) in [5.74, 6) is 0.714. The molecule has 0 saturated carbocycles. The fraction of sp³-hybridized carbons (Fsp3) is 0.261. The van der Waals surface area contributed by atoms with Crippen LogP contribution in [-0.2, 0) is 11.2 Å². The van der Waals surface area contributed by atoms with Crippen LogP contribution in [0.25, 0.3) is 5.69 Å². The number of hydrogen-bond acceptors (Lipinski definition) is 6. The number of methoxy groups -OCH3 is 1. The summed E-state index contributed by atoms with van der Waals surface area (Å²) in [6, 6.07) is 14.9. The van der Waals surface area contributed by atoms with Crippen molar-refractivity contribution >= 4 is 35.1 Å². The van der Waals surface area contributed by atoms with Gasteiger partial charge in [-0.2, -0.15) is 0 Å². The second-order valence-corrected chi connectivity index (χ2v) is 9.74. The van der Waals surface area contributed by atoms with E-state index < -0.39 is 0 Å². The SMILES string of the molecule is COc1ccc(-n2c(SCC(=O)Nc3ccc(C)cc3)nc3c(c2=O)SC(C)C3)cc1. The Bertz CT molecular complexity index is 1160. The first-order chi connectivity index (χ1) is 14.9. The van der Waals surface area contributed by atoms with Gasteiger partial charge in [-0.15, -0.1) is 11.8 Å². The van der Waals surface area contributed by atoms with Crippen molar-refractivity contribution < 1.29 is 9.53 Å². The molecule has 31 heavy (non-hydrogen) atoms. The number of anilines is 1. The van der Waals surface area contributed by atoms with E-state index in [0.29, 0.717) is 26.7 Å². The minimum Gasteiger partial charge on any atom is -0.497 e.